The molecule has 0 amide bonds. The second-order valence-corrected chi connectivity index (χ2v) is 15.1. The molecule has 2 aliphatic carbocycles. The van der Waals surface area contributed by atoms with Gasteiger partial charge < -0.3 is 9.30 Å². The van der Waals surface area contributed by atoms with E-state index in [4.69, 9.17) is 14.7 Å². The van der Waals surface area contributed by atoms with Crippen LogP contribution in [0.4, 0.5) is 0 Å². The van der Waals surface area contributed by atoms with Crippen LogP contribution >= 0.6 is 0 Å². The first-order valence-corrected chi connectivity index (χ1v) is 19.5. The third-order valence-electron chi connectivity index (χ3n) is 11.6. The van der Waals surface area contributed by atoms with E-state index in [1.165, 1.54) is 97.1 Å². The smallest absolute Gasteiger partial charge is 0.145 e. The lowest BCUT2D eigenvalue weighted by Gasteiger charge is -2.22. The monoisotopic (exact) mass is 681 g/mol. The quantitative estimate of drug-likeness (QED) is 0.160. The molecule has 1 aliphatic heterocycles. The van der Waals surface area contributed by atoms with Crippen LogP contribution in [0.5, 0.6) is 5.75 Å². The number of hydrogen-bond donors (Lipinski definition) is 0. The Labute approximate surface area is 307 Å². The molecule has 0 radical (unpaired) electrons. The standard InChI is InChI=1S/C48H47N3O/c1-5-13-35(14-6-1)39-21-25-47-43(28-39)44-29-40(36-15-7-2-8-16-36)22-26-48(44)51(47)33-34-27-42(32-49-31-34)52-41-23-24-45(37-17-9-3-10-18-37)50-46(30-41)38-19-11-4-12-20-38/h3-4,9-12,17-22,24-32,35-36H,1-2,5-8,13-16,23,33H2. The van der Waals surface area contributed by atoms with E-state index in [0.717, 1.165) is 46.2 Å². The van der Waals surface area contributed by atoms with Crippen molar-refractivity contribution in [1.29, 1.82) is 0 Å². The van der Waals surface area contributed by atoms with Crippen molar-refractivity contribution in [2.75, 3.05) is 0 Å². The van der Waals surface area contributed by atoms with Gasteiger partial charge in [-0.3, -0.25) is 4.98 Å². The second kappa shape index (κ2) is 14.8. The van der Waals surface area contributed by atoms with E-state index in [-0.39, 0.29) is 0 Å². The van der Waals surface area contributed by atoms with Gasteiger partial charge in [0.25, 0.3) is 0 Å². The lowest BCUT2D eigenvalue weighted by Crippen LogP contribution is -2.05. The number of aromatic nitrogens is 2. The van der Waals surface area contributed by atoms with Gasteiger partial charge in [-0.15, -0.1) is 0 Å². The SMILES string of the molecule is C1=C(Oc2cncc(Cn3c4ccc(C5CCCCC5)cc4c4cc(C5CCCCC5)ccc43)c2)CC=C(c2ccccc2)N=C1c1ccccc1. The Morgan fingerprint density at radius 1 is 0.615 bits per heavy atom. The lowest BCUT2D eigenvalue weighted by atomic mass is 9.83. The summed E-state index contributed by atoms with van der Waals surface area (Å²) in [4.78, 5) is 9.80. The van der Waals surface area contributed by atoms with Crippen LogP contribution in [-0.4, -0.2) is 15.3 Å². The molecular formula is C48H47N3O. The van der Waals surface area contributed by atoms with E-state index in [9.17, 15) is 0 Å². The molecule has 4 nitrogen and oxygen atoms in total. The van der Waals surface area contributed by atoms with Gasteiger partial charge in [0.2, 0.25) is 0 Å². The van der Waals surface area contributed by atoms with Gasteiger partial charge in [-0.2, -0.15) is 0 Å². The Hall–Kier alpha value is -5.22. The highest BCUT2D eigenvalue weighted by Gasteiger charge is 2.21. The number of fused-ring (bicyclic) bond motifs is 3. The van der Waals surface area contributed by atoms with E-state index < -0.39 is 0 Å². The maximum absolute atomic E-state index is 6.64. The van der Waals surface area contributed by atoms with Gasteiger partial charge in [-0.05, 0) is 90.1 Å². The second-order valence-electron chi connectivity index (χ2n) is 15.1. The highest BCUT2D eigenvalue weighted by atomic mass is 16.5. The van der Waals surface area contributed by atoms with E-state index >= 15 is 0 Å². The van der Waals surface area contributed by atoms with Crippen molar-refractivity contribution in [2.45, 2.75) is 89.0 Å². The average molecular weight is 682 g/mol. The Kier molecular flexibility index (Phi) is 9.29. The van der Waals surface area contributed by atoms with Gasteiger partial charge in [0, 0.05) is 52.6 Å². The predicted octanol–water partition coefficient (Wildman–Crippen LogP) is 12.5. The Balaban J connectivity index is 1.05. The summed E-state index contributed by atoms with van der Waals surface area (Å²) in [6.45, 7) is 0.726. The van der Waals surface area contributed by atoms with E-state index in [1.54, 1.807) is 0 Å². The summed E-state index contributed by atoms with van der Waals surface area (Å²) >= 11 is 0. The maximum Gasteiger partial charge on any atom is 0.145 e. The fourth-order valence-electron chi connectivity index (χ4n) is 8.86. The number of allylic oxidation sites excluding steroid dienone is 2. The van der Waals surface area contributed by atoms with Crippen LogP contribution < -0.4 is 4.74 Å². The molecule has 0 saturated heterocycles. The van der Waals surface area contributed by atoms with E-state index in [2.05, 4.69) is 108 Å². The minimum atomic E-state index is 0.633. The summed E-state index contributed by atoms with van der Waals surface area (Å²) in [6, 6.07) is 37.6. The normalized spacial score (nSPS) is 17.4. The molecule has 3 heterocycles. The lowest BCUT2D eigenvalue weighted by molar-refractivity contribution is 0.414. The summed E-state index contributed by atoms with van der Waals surface area (Å²) in [6.07, 6.45) is 22.1. The molecule has 9 rings (SSSR count). The number of pyridine rings is 1. The van der Waals surface area contributed by atoms with Crippen LogP contribution in [0.3, 0.4) is 0 Å². The zero-order chi connectivity index (χ0) is 34.7. The van der Waals surface area contributed by atoms with Gasteiger partial charge in [-0.1, -0.05) is 117 Å². The van der Waals surface area contributed by atoms with Crippen molar-refractivity contribution in [3.63, 3.8) is 0 Å². The van der Waals surface area contributed by atoms with Crippen molar-refractivity contribution in [1.82, 2.24) is 9.55 Å². The average Bonchev–Trinajstić information content (AvgIpc) is 3.35. The third-order valence-corrected chi connectivity index (χ3v) is 11.6. The third kappa shape index (κ3) is 6.87. The molecular weight excluding hydrogens is 635 g/mol. The molecule has 0 bridgehead atoms. The predicted molar refractivity (Wildman–Crippen MR) is 215 cm³/mol. The summed E-state index contributed by atoms with van der Waals surface area (Å²) in [5, 5.41) is 2.79. The van der Waals surface area contributed by atoms with Crippen molar-refractivity contribution >= 4 is 33.2 Å². The first kappa shape index (κ1) is 32.7. The van der Waals surface area contributed by atoms with Crippen LogP contribution in [0, 0.1) is 0 Å². The summed E-state index contributed by atoms with van der Waals surface area (Å²) in [5.74, 6) is 2.95. The van der Waals surface area contributed by atoms with Crippen LogP contribution in [0.15, 0.2) is 138 Å². The fraction of sp³-hybridized carbons (Fsp3) is 0.292. The molecule has 6 aromatic rings. The molecule has 0 spiro atoms. The minimum absolute atomic E-state index is 0.633. The van der Waals surface area contributed by atoms with Gasteiger partial charge >= 0.3 is 0 Å². The van der Waals surface area contributed by atoms with Crippen LogP contribution in [0.25, 0.3) is 27.5 Å². The Morgan fingerprint density at radius 2 is 1.21 bits per heavy atom. The highest BCUT2D eigenvalue weighted by molar-refractivity contribution is 6.11. The number of ether oxygens (including phenoxy) is 1. The Morgan fingerprint density at radius 3 is 1.83 bits per heavy atom. The van der Waals surface area contributed by atoms with E-state index in [1.807, 2.05) is 24.5 Å². The van der Waals surface area contributed by atoms with Gasteiger partial charge in [0.1, 0.15) is 11.5 Å². The fourth-order valence-corrected chi connectivity index (χ4v) is 8.86. The number of benzene rings is 4. The number of rotatable bonds is 8. The summed E-state index contributed by atoms with van der Waals surface area (Å²) in [5.41, 5.74) is 10.8. The molecule has 4 aromatic carbocycles. The molecule has 0 N–H and O–H groups in total. The first-order chi connectivity index (χ1) is 25.7. The van der Waals surface area contributed by atoms with Crippen molar-refractivity contribution in [2.24, 2.45) is 4.99 Å². The van der Waals surface area contributed by atoms with Crippen molar-refractivity contribution in [3.8, 4) is 5.75 Å². The summed E-state index contributed by atoms with van der Waals surface area (Å²) in [7, 11) is 0. The van der Waals surface area contributed by atoms with Gasteiger partial charge in [0.15, 0.2) is 0 Å². The zero-order valence-electron chi connectivity index (χ0n) is 30.0. The molecule has 2 saturated carbocycles. The molecule has 2 aromatic heterocycles. The molecule has 0 unspecified atom stereocenters. The molecule has 3 aliphatic rings. The molecule has 0 atom stereocenters. The molecule has 4 heteroatoms. The first-order valence-electron chi connectivity index (χ1n) is 19.5. The van der Waals surface area contributed by atoms with Crippen LogP contribution in [0.2, 0.25) is 0 Å². The number of nitrogens with zero attached hydrogens (tertiary/aromatic N) is 3. The minimum Gasteiger partial charge on any atom is -0.460 e. The Bertz CT molecular complexity index is 2210. The molecule has 52 heavy (non-hydrogen) atoms. The zero-order valence-corrected chi connectivity index (χ0v) is 30.0. The van der Waals surface area contributed by atoms with Crippen LogP contribution in [-0.2, 0) is 6.54 Å². The van der Waals surface area contributed by atoms with Crippen molar-refractivity contribution < 1.29 is 4.74 Å². The van der Waals surface area contributed by atoms with Crippen LogP contribution in [0.1, 0.15) is 110 Å². The topological polar surface area (TPSA) is 39.4 Å². The van der Waals surface area contributed by atoms with E-state index in [0.29, 0.717) is 18.3 Å². The highest BCUT2D eigenvalue weighted by Crippen LogP contribution is 2.40. The van der Waals surface area contributed by atoms with Crippen molar-refractivity contribution in [3.05, 3.63) is 161 Å². The summed E-state index contributed by atoms with van der Waals surface area (Å²) < 4.78 is 9.14. The molecule has 2 fully saturated rings. The largest absolute Gasteiger partial charge is 0.460 e. The maximum atomic E-state index is 6.64. The molecule has 260 valence electrons. The number of aliphatic imine (C=N–C) groups is 1. The van der Waals surface area contributed by atoms with Gasteiger partial charge in [-0.25, -0.2) is 4.99 Å². The number of hydrogen-bond acceptors (Lipinski definition) is 3. The van der Waals surface area contributed by atoms with Gasteiger partial charge in [0.05, 0.1) is 17.6 Å².